The van der Waals surface area contributed by atoms with Crippen LogP contribution < -0.4 is 4.74 Å². The molecule has 0 aliphatic rings. The van der Waals surface area contributed by atoms with Crippen molar-refractivity contribution >= 4 is 16.9 Å². The van der Waals surface area contributed by atoms with E-state index in [2.05, 4.69) is 5.10 Å². The molecule has 5 nitrogen and oxygen atoms in total. The molecule has 0 fully saturated rings. The maximum absolute atomic E-state index is 13.8. The number of ether oxygens (including phenoxy) is 1. The standard InChI is InChI=1S/C30H23F3N2O3/c1-19-22(11-6-13-24(19)29(36)37)18-38-23-12-5-10-21(16-23)28-25-14-7-15-26(30(31,32)33)27(25)34-35(28)17-20-8-3-2-4-9-20/h2-16H,17-18H2,1H3,(H,36,37). The molecule has 0 aliphatic carbocycles. The van der Waals surface area contributed by atoms with Crippen molar-refractivity contribution in [2.45, 2.75) is 26.3 Å². The van der Waals surface area contributed by atoms with E-state index >= 15 is 0 Å². The fourth-order valence-corrected chi connectivity index (χ4v) is 4.52. The molecule has 0 unspecified atom stereocenters. The minimum absolute atomic E-state index is 0.113. The Labute approximate surface area is 216 Å². The van der Waals surface area contributed by atoms with Gasteiger partial charge in [0.2, 0.25) is 0 Å². The van der Waals surface area contributed by atoms with Gasteiger partial charge in [0.25, 0.3) is 0 Å². The maximum Gasteiger partial charge on any atom is 0.418 e. The minimum atomic E-state index is -4.55. The molecule has 0 atom stereocenters. The first-order valence-corrected chi connectivity index (χ1v) is 11.9. The average molecular weight is 517 g/mol. The van der Waals surface area contributed by atoms with Crippen LogP contribution in [-0.4, -0.2) is 20.9 Å². The first-order valence-electron chi connectivity index (χ1n) is 11.9. The van der Waals surface area contributed by atoms with Crippen LogP contribution in [0.1, 0.15) is 32.6 Å². The Morgan fingerprint density at radius 3 is 2.42 bits per heavy atom. The molecule has 0 saturated heterocycles. The van der Waals surface area contributed by atoms with Crippen molar-refractivity contribution in [2.24, 2.45) is 0 Å². The number of nitrogens with zero attached hydrogens (tertiary/aromatic N) is 2. The number of fused-ring (bicyclic) bond motifs is 1. The lowest BCUT2D eigenvalue weighted by Gasteiger charge is -2.13. The normalized spacial score (nSPS) is 11.6. The van der Waals surface area contributed by atoms with Crippen molar-refractivity contribution in [3.05, 3.63) is 119 Å². The highest BCUT2D eigenvalue weighted by Crippen LogP contribution is 2.38. The Balaban J connectivity index is 1.55. The molecule has 0 bridgehead atoms. The van der Waals surface area contributed by atoms with Gasteiger partial charge in [0, 0.05) is 10.9 Å². The zero-order chi connectivity index (χ0) is 26.9. The second kappa shape index (κ2) is 10.0. The van der Waals surface area contributed by atoms with Gasteiger partial charge in [0.15, 0.2) is 0 Å². The van der Waals surface area contributed by atoms with Crippen LogP contribution in [0, 0.1) is 6.92 Å². The molecule has 5 aromatic rings. The van der Waals surface area contributed by atoms with Crippen molar-refractivity contribution in [3.8, 4) is 17.0 Å². The Morgan fingerprint density at radius 2 is 1.68 bits per heavy atom. The van der Waals surface area contributed by atoms with Crippen LogP contribution >= 0.6 is 0 Å². The van der Waals surface area contributed by atoms with Gasteiger partial charge in [0.1, 0.15) is 17.9 Å². The number of hydrogen-bond donors (Lipinski definition) is 1. The number of rotatable bonds is 7. The molecule has 1 N–H and O–H groups in total. The zero-order valence-corrected chi connectivity index (χ0v) is 20.4. The summed E-state index contributed by atoms with van der Waals surface area (Å²) >= 11 is 0. The molecule has 0 amide bonds. The number of carbonyl (C=O) groups is 1. The Hall–Kier alpha value is -4.59. The van der Waals surface area contributed by atoms with Crippen LogP contribution in [-0.2, 0) is 19.3 Å². The number of alkyl halides is 3. The van der Waals surface area contributed by atoms with Crippen molar-refractivity contribution in [1.29, 1.82) is 0 Å². The quantitative estimate of drug-likeness (QED) is 0.246. The van der Waals surface area contributed by atoms with E-state index in [-0.39, 0.29) is 24.2 Å². The summed E-state index contributed by atoms with van der Waals surface area (Å²) in [6.45, 7) is 2.15. The number of aromatic nitrogens is 2. The van der Waals surface area contributed by atoms with Crippen LogP contribution in [0.15, 0.2) is 91.0 Å². The van der Waals surface area contributed by atoms with Crippen molar-refractivity contribution < 1.29 is 27.8 Å². The number of halogens is 3. The Kier molecular flexibility index (Phi) is 6.63. The Bertz CT molecular complexity index is 1630. The van der Waals surface area contributed by atoms with Gasteiger partial charge in [-0.1, -0.05) is 66.7 Å². The SMILES string of the molecule is Cc1c(COc2cccc(-c3c4cccc(C(F)(F)F)c4nn3Cc3ccccc3)c2)cccc1C(=O)O. The second-order valence-electron chi connectivity index (χ2n) is 8.90. The van der Waals surface area contributed by atoms with E-state index in [9.17, 15) is 23.1 Å². The highest BCUT2D eigenvalue weighted by molar-refractivity contribution is 5.95. The van der Waals surface area contributed by atoms with Crippen LogP contribution in [0.5, 0.6) is 5.75 Å². The lowest BCUT2D eigenvalue weighted by atomic mass is 10.0. The lowest BCUT2D eigenvalue weighted by molar-refractivity contribution is -0.136. The molecule has 1 heterocycles. The number of carboxylic acid groups (broad SMARTS) is 1. The number of benzene rings is 4. The lowest BCUT2D eigenvalue weighted by Crippen LogP contribution is -2.07. The fraction of sp³-hybridized carbons (Fsp3) is 0.133. The fourth-order valence-electron chi connectivity index (χ4n) is 4.52. The van der Waals surface area contributed by atoms with Crippen molar-refractivity contribution in [2.75, 3.05) is 0 Å². The molecule has 192 valence electrons. The van der Waals surface area contributed by atoms with E-state index < -0.39 is 17.7 Å². The summed E-state index contributed by atoms with van der Waals surface area (Å²) < 4.78 is 49.0. The molecule has 38 heavy (non-hydrogen) atoms. The molecule has 0 radical (unpaired) electrons. The summed E-state index contributed by atoms with van der Waals surface area (Å²) in [4.78, 5) is 11.5. The molecular weight excluding hydrogens is 493 g/mol. The summed E-state index contributed by atoms with van der Waals surface area (Å²) in [7, 11) is 0. The smallest absolute Gasteiger partial charge is 0.418 e. The van der Waals surface area contributed by atoms with Crippen LogP contribution in [0.3, 0.4) is 0 Å². The number of hydrogen-bond acceptors (Lipinski definition) is 3. The minimum Gasteiger partial charge on any atom is -0.489 e. The van der Waals surface area contributed by atoms with Crippen molar-refractivity contribution in [3.63, 3.8) is 0 Å². The second-order valence-corrected chi connectivity index (χ2v) is 8.90. The van der Waals surface area contributed by atoms with E-state index in [0.717, 1.165) is 17.2 Å². The molecular formula is C30H23F3N2O3. The summed E-state index contributed by atoms with van der Waals surface area (Å²) in [5.41, 5.74) is 2.74. The molecule has 0 aliphatic heterocycles. The van der Waals surface area contributed by atoms with Crippen molar-refractivity contribution in [1.82, 2.24) is 9.78 Å². The summed E-state index contributed by atoms with van der Waals surface area (Å²) in [5, 5.41) is 14.2. The maximum atomic E-state index is 13.8. The van der Waals surface area contributed by atoms with E-state index in [1.54, 1.807) is 54.1 Å². The molecule has 4 aromatic carbocycles. The van der Waals surface area contributed by atoms with E-state index in [4.69, 9.17) is 4.74 Å². The average Bonchev–Trinajstić information content (AvgIpc) is 3.26. The van der Waals surface area contributed by atoms with E-state index in [0.29, 0.717) is 28.0 Å². The van der Waals surface area contributed by atoms with Gasteiger partial charge < -0.3 is 9.84 Å². The predicted octanol–water partition coefficient (Wildman–Crippen LogP) is 7.36. The largest absolute Gasteiger partial charge is 0.489 e. The topological polar surface area (TPSA) is 64.4 Å². The van der Waals surface area contributed by atoms with E-state index in [1.165, 1.54) is 12.1 Å². The summed E-state index contributed by atoms with van der Waals surface area (Å²) in [6, 6.07) is 25.6. The number of carboxylic acids is 1. The van der Waals surface area contributed by atoms with Gasteiger partial charge in [-0.2, -0.15) is 18.3 Å². The molecule has 8 heteroatoms. The van der Waals surface area contributed by atoms with Gasteiger partial charge in [-0.25, -0.2) is 4.79 Å². The third kappa shape index (κ3) is 4.98. The van der Waals surface area contributed by atoms with Gasteiger partial charge in [-0.3, -0.25) is 4.68 Å². The number of aromatic carboxylic acids is 1. The monoisotopic (exact) mass is 516 g/mol. The first kappa shape index (κ1) is 25.1. The first-order chi connectivity index (χ1) is 18.2. The van der Waals surface area contributed by atoms with Gasteiger partial charge >= 0.3 is 12.1 Å². The van der Waals surface area contributed by atoms with Gasteiger partial charge in [0.05, 0.1) is 23.4 Å². The van der Waals surface area contributed by atoms with Gasteiger partial charge in [-0.05, 0) is 47.9 Å². The predicted molar refractivity (Wildman–Crippen MR) is 138 cm³/mol. The molecule has 0 spiro atoms. The third-order valence-electron chi connectivity index (χ3n) is 6.43. The third-order valence-corrected chi connectivity index (χ3v) is 6.43. The molecule has 5 rings (SSSR count). The van der Waals surface area contributed by atoms with Crippen LogP contribution in [0.4, 0.5) is 13.2 Å². The highest BCUT2D eigenvalue weighted by Gasteiger charge is 2.34. The zero-order valence-electron chi connectivity index (χ0n) is 20.4. The highest BCUT2D eigenvalue weighted by atomic mass is 19.4. The summed E-state index contributed by atoms with van der Waals surface area (Å²) in [6.07, 6.45) is -4.55. The Morgan fingerprint density at radius 1 is 0.947 bits per heavy atom. The summed E-state index contributed by atoms with van der Waals surface area (Å²) in [5.74, 6) is -0.515. The van der Waals surface area contributed by atoms with Crippen LogP contribution in [0.25, 0.3) is 22.2 Å². The molecule has 0 saturated carbocycles. The van der Waals surface area contributed by atoms with E-state index in [1.807, 2.05) is 30.3 Å². The van der Waals surface area contributed by atoms with Crippen LogP contribution in [0.2, 0.25) is 0 Å². The molecule has 1 aromatic heterocycles. The van der Waals surface area contributed by atoms with Gasteiger partial charge in [-0.15, -0.1) is 0 Å².